The average Bonchev–Trinajstić information content (AvgIpc) is 3.05. The Labute approximate surface area is 146 Å². The molecule has 4 nitrogen and oxygen atoms in total. The minimum atomic E-state index is 0.0847. The number of carbonyl (C=O) groups is 1. The van der Waals surface area contributed by atoms with Crippen LogP contribution in [0.4, 0.5) is 5.82 Å². The number of pyridine rings is 1. The van der Waals surface area contributed by atoms with Gasteiger partial charge in [-0.15, -0.1) is 0 Å². The van der Waals surface area contributed by atoms with Crippen LogP contribution < -0.4 is 4.90 Å². The van der Waals surface area contributed by atoms with Crippen molar-refractivity contribution < 1.29 is 4.79 Å². The van der Waals surface area contributed by atoms with Crippen LogP contribution in [-0.4, -0.2) is 48.4 Å². The highest BCUT2D eigenvalue weighted by Gasteiger charge is 2.32. The second-order valence-electron chi connectivity index (χ2n) is 7.99. The van der Waals surface area contributed by atoms with Crippen molar-refractivity contribution in [3.05, 3.63) is 23.9 Å². The Kier molecular flexibility index (Phi) is 5.54. The van der Waals surface area contributed by atoms with E-state index in [1.165, 1.54) is 38.9 Å². The number of nitrogens with zero attached hydrogens (tertiary/aromatic N) is 3. The maximum atomic E-state index is 11.4. The van der Waals surface area contributed by atoms with Gasteiger partial charge in [0, 0.05) is 31.4 Å². The second-order valence-corrected chi connectivity index (χ2v) is 7.99. The fraction of sp³-hybridized carbons (Fsp3) is 0.700. The molecule has 2 saturated heterocycles. The first kappa shape index (κ1) is 17.4. The summed E-state index contributed by atoms with van der Waals surface area (Å²) in [5.74, 6) is 3.56. The first-order valence-corrected chi connectivity index (χ1v) is 9.47. The highest BCUT2D eigenvalue weighted by atomic mass is 16.1. The van der Waals surface area contributed by atoms with Crippen molar-refractivity contribution in [1.29, 1.82) is 0 Å². The number of likely N-dealkylation sites (tertiary alicyclic amines) is 1. The quantitative estimate of drug-likeness (QED) is 0.775. The molecular weight excluding hydrogens is 298 g/mol. The van der Waals surface area contributed by atoms with Gasteiger partial charge in [-0.05, 0) is 69.2 Å². The standard InChI is InChI=1S/C20H31N3O/c1-15(2)13-22-9-6-17(7-10-22)19-8-11-23(14-19)20-5-4-18(12-21-20)16(3)24/h4-5,12,15,17,19H,6-11,13-14H2,1-3H3/t19-/m1/s1. The zero-order chi connectivity index (χ0) is 17.1. The lowest BCUT2D eigenvalue weighted by atomic mass is 9.83. The minimum absolute atomic E-state index is 0.0847. The van der Waals surface area contributed by atoms with Crippen LogP contribution in [0.1, 0.15) is 50.4 Å². The van der Waals surface area contributed by atoms with E-state index in [1.54, 1.807) is 13.1 Å². The fourth-order valence-corrected chi connectivity index (χ4v) is 4.28. The van der Waals surface area contributed by atoms with Gasteiger partial charge in [0.15, 0.2) is 5.78 Å². The van der Waals surface area contributed by atoms with Crippen LogP contribution >= 0.6 is 0 Å². The van der Waals surface area contributed by atoms with Crippen LogP contribution in [0.15, 0.2) is 18.3 Å². The van der Waals surface area contributed by atoms with Crippen molar-refractivity contribution in [3.63, 3.8) is 0 Å². The van der Waals surface area contributed by atoms with Gasteiger partial charge in [0.05, 0.1) is 0 Å². The Morgan fingerprint density at radius 3 is 2.46 bits per heavy atom. The van der Waals surface area contributed by atoms with Crippen LogP contribution in [0.2, 0.25) is 0 Å². The number of aromatic nitrogens is 1. The second kappa shape index (κ2) is 7.64. The molecule has 0 amide bonds. The molecule has 0 spiro atoms. The predicted molar refractivity (Wildman–Crippen MR) is 98.6 cm³/mol. The number of rotatable bonds is 5. The zero-order valence-electron chi connectivity index (χ0n) is 15.4. The Balaban J connectivity index is 1.51. The van der Waals surface area contributed by atoms with Gasteiger partial charge in [-0.25, -0.2) is 4.98 Å². The van der Waals surface area contributed by atoms with E-state index in [4.69, 9.17) is 0 Å². The van der Waals surface area contributed by atoms with Gasteiger partial charge in [-0.1, -0.05) is 13.8 Å². The lowest BCUT2D eigenvalue weighted by Crippen LogP contribution is -2.38. The predicted octanol–water partition coefficient (Wildman–Crippen LogP) is 3.48. The van der Waals surface area contributed by atoms with Crippen molar-refractivity contribution in [2.45, 2.75) is 40.0 Å². The molecule has 2 aliphatic rings. The molecule has 4 heteroatoms. The van der Waals surface area contributed by atoms with Gasteiger partial charge in [0.2, 0.25) is 0 Å². The van der Waals surface area contributed by atoms with E-state index in [2.05, 4.69) is 28.6 Å². The molecule has 0 saturated carbocycles. The fourth-order valence-electron chi connectivity index (χ4n) is 4.28. The van der Waals surface area contributed by atoms with E-state index in [9.17, 15) is 4.79 Å². The van der Waals surface area contributed by atoms with Crippen molar-refractivity contribution in [2.75, 3.05) is 37.6 Å². The summed E-state index contributed by atoms with van der Waals surface area (Å²) >= 11 is 0. The van der Waals surface area contributed by atoms with Crippen LogP contribution in [0.3, 0.4) is 0 Å². The summed E-state index contributed by atoms with van der Waals surface area (Å²) in [5.41, 5.74) is 0.701. The van der Waals surface area contributed by atoms with Gasteiger partial charge in [-0.2, -0.15) is 0 Å². The minimum Gasteiger partial charge on any atom is -0.356 e. The topological polar surface area (TPSA) is 36.4 Å². The number of ketones is 1. The summed E-state index contributed by atoms with van der Waals surface area (Å²) in [4.78, 5) is 20.9. The van der Waals surface area contributed by atoms with Crippen molar-refractivity contribution in [2.24, 2.45) is 17.8 Å². The first-order chi connectivity index (χ1) is 11.5. The van der Waals surface area contributed by atoms with Gasteiger partial charge in [-0.3, -0.25) is 4.79 Å². The summed E-state index contributed by atoms with van der Waals surface area (Å²) in [7, 11) is 0. The summed E-state index contributed by atoms with van der Waals surface area (Å²) in [6, 6.07) is 3.91. The molecule has 132 valence electrons. The maximum absolute atomic E-state index is 11.4. The Morgan fingerprint density at radius 1 is 1.17 bits per heavy atom. The largest absolute Gasteiger partial charge is 0.356 e. The lowest BCUT2D eigenvalue weighted by molar-refractivity contribution is 0.101. The van der Waals surface area contributed by atoms with E-state index in [0.717, 1.165) is 36.7 Å². The highest BCUT2D eigenvalue weighted by molar-refractivity contribution is 5.93. The molecule has 3 rings (SSSR count). The Hall–Kier alpha value is -1.42. The Bertz CT molecular complexity index is 547. The monoisotopic (exact) mass is 329 g/mol. The third-order valence-electron chi connectivity index (χ3n) is 5.63. The number of piperidine rings is 1. The average molecular weight is 329 g/mol. The van der Waals surface area contributed by atoms with Crippen LogP contribution in [-0.2, 0) is 0 Å². The molecule has 2 fully saturated rings. The van der Waals surface area contributed by atoms with Gasteiger partial charge >= 0.3 is 0 Å². The summed E-state index contributed by atoms with van der Waals surface area (Å²) in [6.07, 6.45) is 5.70. The normalized spacial score (nSPS) is 23.2. The SMILES string of the molecule is CC(=O)c1ccc(N2CC[C@@H](C3CCN(CC(C)C)CC3)C2)nc1. The smallest absolute Gasteiger partial charge is 0.161 e. The molecule has 2 aliphatic heterocycles. The molecule has 24 heavy (non-hydrogen) atoms. The molecule has 0 unspecified atom stereocenters. The number of hydrogen-bond acceptors (Lipinski definition) is 4. The van der Waals surface area contributed by atoms with Gasteiger partial charge < -0.3 is 9.80 Å². The van der Waals surface area contributed by atoms with E-state index >= 15 is 0 Å². The summed E-state index contributed by atoms with van der Waals surface area (Å²) in [6.45, 7) is 12.2. The molecule has 1 aromatic rings. The first-order valence-electron chi connectivity index (χ1n) is 9.47. The van der Waals surface area contributed by atoms with E-state index in [0.29, 0.717) is 5.56 Å². The third kappa shape index (κ3) is 4.15. The summed E-state index contributed by atoms with van der Waals surface area (Å²) in [5, 5.41) is 0. The molecule has 1 atom stereocenters. The van der Waals surface area contributed by atoms with E-state index in [1.807, 2.05) is 12.1 Å². The van der Waals surface area contributed by atoms with Crippen LogP contribution in [0.5, 0.6) is 0 Å². The highest BCUT2D eigenvalue weighted by Crippen LogP contribution is 2.33. The molecule has 0 aromatic carbocycles. The van der Waals surface area contributed by atoms with Crippen molar-refractivity contribution in [3.8, 4) is 0 Å². The lowest BCUT2D eigenvalue weighted by Gasteiger charge is -2.35. The zero-order valence-corrected chi connectivity index (χ0v) is 15.4. The molecule has 0 bridgehead atoms. The number of Topliss-reactive ketones (excluding diaryl/α,β-unsaturated/α-hetero) is 1. The Morgan fingerprint density at radius 2 is 1.88 bits per heavy atom. The van der Waals surface area contributed by atoms with Crippen LogP contribution in [0.25, 0.3) is 0 Å². The molecule has 0 N–H and O–H groups in total. The van der Waals surface area contributed by atoms with E-state index in [-0.39, 0.29) is 5.78 Å². The number of carbonyl (C=O) groups excluding carboxylic acids is 1. The van der Waals surface area contributed by atoms with Crippen LogP contribution in [0, 0.1) is 17.8 Å². The van der Waals surface area contributed by atoms with Crippen molar-refractivity contribution in [1.82, 2.24) is 9.88 Å². The van der Waals surface area contributed by atoms with E-state index < -0.39 is 0 Å². The molecular formula is C20H31N3O. The molecule has 1 aromatic heterocycles. The van der Waals surface area contributed by atoms with Gasteiger partial charge in [0.25, 0.3) is 0 Å². The molecule has 0 aliphatic carbocycles. The maximum Gasteiger partial charge on any atom is 0.161 e. The number of anilines is 1. The molecule has 0 radical (unpaired) electrons. The summed E-state index contributed by atoms with van der Waals surface area (Å²) < 4.78 is 0. The number of hydrogen-bond donors (Lipinski definition) is 0. The molecule has 3 heterocycles. The van der Waals surface area contributed by atoms with Gasteiger partial charge in [0.1, 0.15) is 5.82 Å². The third-order valence-corrected chi connectivity index (χ3v) is 5.63. The van der Waals surface area contributed by atoms with Crippen molar-refractivity contribution >= 4 is 11.6 Å².